The summed E-state index contributed by atoms with van der Waals surface area (Å²) in [5, 5.41) is 12.6. The summed E-state index contributed by atoms with van der Waals surface area (Å²) >= 11 is 0. The molecule has 0 spiro atoms. The quantitative estimate of drug-likeness (QED) is 0.807. The van der Waals surface area contributed by atoms with Gasteiger partial charge in [0.25, 0.3) is 0 Å². The first-order valence-corrected chi connectivity index (χ1v) is 9.38. The van der Waals surface area contributed by atoms with Crippen LogP contribution in [0.4, 0.5) is 5.69 Å². The second kappa shape index (κ2) is 7.95. The maximum atomic E-state index is 4.39. The van der Waals surface area contributed by atoms with Gasteiger partial charge in [0.05, 0.1) is 12.1 Å². The molecule has 0 saturated carbocycles. The molecule has 0 N–H and O–H groups in total. The van der Waals surface area contributed by atoms with E-state index in [4.69, 9.17) is 0 Å². The summed E-state index contributed by atoms with van der Waals surface area (Å²) in [5.74, 6) is 1.62. The third kappa shape index (κ3) is 4.18. The second-order valence-corrected chi connectivity index (χ2v) is 7.58. The minimum atomic E-state index is 0.283. The van der Waals surface area contributed by atoms with Crippen LogP contribution in [0.25, 0.3) is 0 Å². The first-order chi connectivity index (χ1) is 12.1. The Morgan fingerprint density at radius 3 is 2.24 bits per heavy atom. The minimum absolute atomic E-state index is 0.283. The number of piperazine rings is 1. The van der Waals surface area contributed by atoms with Gasteiger partial charge in [-0.15, -0.1) is 5.10 Å². The molecule has 1 atom stereocenters. The molecule has 0 aliphatic carbocycles. The summed E-state index contributed by atoms with van der Waals surface area (Å²) in [4.78, 5) is 5.03. The van der Waals surface area contributed by atoms with E-state index in [9.17, 15) is 0 Å². The first kappa shape index (κ1) is 17.9. The summed E-state index contributed by atoms with van der Waals surface area (Å²) in [7, 11) is 0. The van der Waals surface area contributed by atoms with Crippen LogP contribution in [0.2, 0.25) is 0 Å². The van der Waals surface area contributed by atoms with Crippen molar-refractivity contribution in [1.29, 1.82) is 0 Å². The van der Waals surface area contributed by atoms with E-state index < -0.39 is 0 Å². The van der Waals surface area contributed by atoms with Gasteiger partial charge in [-0.05, 0) is 48.7 Å². The molecule has 6 nitrogen and oxygen atoms in total. The number of hydrogen-bond donors (Lipinski definition) is 0. The number of rotatable bonds is 6. The third-order valence-electron chi connectivity index (χ3n) is 4.88. The maximum absolute atomic E-state index is 4.39. The van der Waals surface area contributed by atoms with Crippen molar-refractivity contribution in [2.24, 2.45) is 5.92 Å². The lowest BCUT2D eigenvalue weighted by Crippen LogP contribution is -2.48. The normalized spacial score (nSPS) is 17.4. The van der Waals surface area contributed by atoms with Gasteiger partial charge in [-0.3, -0.25) is 4.90 Å². The van der Waals surface area contributed by atoms with E-state index in [-0.39, 0.29) is 12.1 Å². The van der Waals surface area contributed by atoms with Crippen LogP contribution in [-0.2, 0) is 0 Å². The van der Waals surface area contributed by atoms with Crippen molar-refractivity contribution in [2.75, 3.05) is 31.1 Å². The molecule has 1 saturated heterocycles. The predicted molar refractivity (Wildman–Crippen MR) is 101 cm³/mol. The van der Waals surface area contributed by atoms with Gasteiger partial charge in [0, 0.05) is 31.9 Å². The van der Waals surface area contributed by atoms with Gasteiger partial charge in [0.1, 0.15) is 0 Å². The number of anilines is 1. The molecule has 0 bridgehead atoms. The van der Waals surface area contributed by atoms with E-state index in [1.54, 1.807) is 0 Å². The van der Waals surface area contributed by atoms with Gasteiger partial charge in [-0.25, -0.2) is 4.68 Å². The number of nitrogens with zero attached hydrogens (tertiary/aromatic N) is 6. The Morgan fingerprint density at radius 1 is 0.960 bits per heavy atom. The molecule has 1 aromatic heterocycles. The fourth-order valence-corrected chi connectivity index (χ4v) is 3.58. The lowest BCUT2D eigenvalue weighted by molar-refractivity contribution is 0.151. The van der Waals surface area contributed by atoms with Crippen molar-refractivity contribution in [3.63, 3.8) is 0 Å². The van der Waals surface area contributed by atoms with Gasteiger partial charge < -0.3 is 4.90 Å². The van der Waals surface area contributed by atoms with Crippen LogP contribution in [0.5, 0.6) is 0 Å². The standard InChI is InChI=1S/C19H30N6/c1-15(2)14-18(19-20-21-22-25(19)16(3)4)24-12-10-23(11-13-24)17-8-6-5-7-9-17/h5-9,15-16,18H,10-14H2,1-4H3/t18-/m1/s1. The molecule has 0 amide bonds. The number of para-hydroxylation sites is 1. The molecule has 1 aliphatic rings. The van der Waals surface area contributed by atoms with Crippen molar-refractivity contribution < 1.29 is 0 Å². The van der Waals surface area contributed by atoms with Crippen LogP contribution in [0, 0.1) is 5.92 Å². The number of hydrogen-bond acceptors (Lipinski definition) is 5. The summed E-state index contributed by atoms with van der Waals surface area (Å²) in [6.07, 6.45) is 1.08. The fraction of sp³-hybridized carbons (Fsp3) is 0.632. The van der Waals surface area contributed by atoms with Crippen molar-refractivity contribution in [3.8, 4) is 0 Å². The molecular formula is C19H30N6. The molecule has 2 heterocycles. The highest BCUT2D eigenvalue weighted by Gasteiger charge is 2.30. The molecular weight excluding hydrogens is 312 g/mol. The van der Waals surface area contributed by atoms with Crippen LogP contribution < -0.4 is 4.90 Å². The van der Waals surface area contributed by atoms with Gasteiger partial charge in [0.15, 0.2) is 5.82 Å². The van der Waals surface area contributed by atoms with Crippen molar-refractivity contribution in [2.45, 2.75) is 46.2 Å². The molecule has 1 fully saturated rings. The van der Waals surface area contributed by atoms with E-state index >= 15 is 0 Å². The average Bonchev–Trinajstić information content (AvgIpc) is 3.10. The molecule has 136 valence electrons. The zero-order valence-electron chi connectivity index (χ0n) is 15.8. The van der Waals surface area contributed by atoms with Crippen LogP contribution in [0.15, 0.2) is 30.3 Å². The topological polar surface area (TPSA) is 50.1 Å². The first-order valence-electron chi connectivity index (χ1n) is 9.38. The average molecular weight is 342 g/mol. The Bertz CT molecular complexity index is 643. The van der Waals surface area contributed by atoms with E-state index in [1.165, 1.54) is 5.69 Å². The minimum Gasteiger partial charge on any atom is -0.369 e. The highest BCUT2D eigenvalue weighted by molar-refractivity contribution is 5.46. The van der Waals surface area contributed by atoms with Crippen LogP contribution in [0.3, 0.4) is 0 Å². The molecule has 25 heavy (non-hydrogen) atoms. The lowest BCUT2D eigenvalue weighted by Gasteiger charge is -2.40. The smallest absolute Gasteiger partial charge is 0.168 e. The van der Waals surface area contributed by atoms with E-state index in [2.05, 4.69) is 83.4 Å². The third-order valence-corrected chi connectivity index (χ3v) is 4.88. The predicted octanol–water partition coefficient (Wildman–Crippen LogP) is 3.16. The second-order valence-electron chi connectivity index (χ2n) is 7.58. The van der Waals surface area contributed by atoms with Gasteiger partial charge in [-0.1, -0.05) is 32.0 Å². The summed E-state index contributed by atoms with van der Waals surface area (Å²) in [6, 6.07) is 11.3. The number of tetrazole rings is 1. The van der Waals surface area contributed by atoms with Crippen LogP contribution in [0.1, 0.15) is 52.0 Å². The van der Waals surface area contributed by atoms with Gasteiger partial charge in [-0.2, -0.15) is 0 Å². The largest absolute Gasteiger partial charge is 0.369 e. The summed E-state index contributed by atoms with van der Waals surface area (Å²) in [5.41, 5.74) is 1.31. The fourth-order valence-electron chi connectivity index (χ4n) is 3.58. The molecule has 6 heteroatoms. The van der Waals surface area contributed by atoms with Crippen molar-refractivity contribution >= 4 is 5.69 Å². The molecule has 0 radical (unpaired) electrons. The molecule has 3 rings (SSSR count). The maximum Gasteiger partial charge on any atom is 0.168 e. The van der Waals surface area contributed by atoms with Crippen LogP contribution in [-0.4, -0.2) is 51.3 Å². The SMILES string of the molecule is CC(C)C[C@H](c1nnnn1C(C)C)N1CCN(c2ccccc2)CC1. The van der Waals surface area contributed by atoms with Crippen molar-refractivity contribution in [3.05, 3.63) is 36.2 Å². The number of benzene rings is 1. The van der Waals surface area contributed by atoms with Gasteiger partial charge in [0.2, 0.25) is 0 Å². The highest BCUT2D eigenvalue weighted by atomic mass is 15.6. The van der Waals surface area contributed by atoms with Crippen LogP contribution >= 0.6 is 0 Å². The summed E-state index contributed by atoms with van der Waals surface area (Å²) in [6.45, 7) is 13.0. The molecule has 1 aliphatic heterocycles. The van der Waals surface area contributed by atoms with Crippen molar-refractivity contribution in [1.82, 2.24) is 25.1 Å². The Morgan fingerprint density at radius 2 is 1.64 bits per heavy atom. The zero-order valence-corrected chi connectivity index (χ0v) is 15.8. The Labute approximate surface area is 150 Å². The monoisotopic (exact) mass is 342 g/mol. The Balaban J connectivity index is 1.74. The molecule has 1 aromatic carbocycles. The Kier molecular flexibility index (Phi) is 5.68. The van der Waals surface area contributed by atoms with E-state index in [0.717, 1.165) is 38.4 Å². The van der Waals surface area contributed by atoms with E-state index in [0.29, 0.717) is 5.92 Å². The Hall–Kier alpha value is -1.95. The van der Waals surface area contributed by atoms with Gasteiger partial charge >= 0.3 is 0 Å². The summed E-state index contributed by atoms with van der Waals surface area (Å²) < 4.78 is 1.98. The number of aromatic nitrogens is 4. The van der Waals surface area contributed by atoms with E-state index in [1.807, 2.05) is 4.68 Å². The highest BCUT2D eigenvalue weighted by Crippen LogP contribution is 2.29. The molecule has 0 unspecified atom stereocenters. The molecule has 2 aromatic rings. The lowest BCUT2D eigenvalue weighted by atomic mass is 10.0. The zero-order chi connectivity index (χ0) is 17.8.